The van der Waals surface area contributed by atoms with Gasteiger partial charge in [0.2, 0.25) is 21.8 Å². The second-order valence-corrected chi connectivity index (χ2v) is 18.2. The van der Waals surface area contributed by atoms with Crippen molar-refractivity contribution in [3.8, 4) is 0 Å². The maximum Gasteiger partial charge on any atom is 0.419 e. The molecular formula is C38H47N5O9S. The van der Waals surface area contributed by atoms with E-state index in [1.807, 2.05) is 36.4 Å². The van der Waals surface area contributed by atoms with Crippen molar-refractivity contribution >= 4 is 61.7 Å². The van der Waals surface area contributed by atoms with Gasteiger partial charge < -0.3 is 25.0 Å². The largest absolute Gasteiger partial charge is 0.444 e. The number of hydrogen-bond acceptors (Lipinski definition) is 9. The van der Waals surface area contributed by atoms with Gasteiger partial charge in [0.15, 0.2) is 0 Å². The number of sulfonamides is 1. The summed E-state index contributed by atoms with van der Waals surface area (Å²) in [4.78, 5) is 70.4. The maximum absolute atomic E-state index is 14.5. The zero-order valence-electron chi connectivity index (χ0n) is 30.8. The molecule has 1 aromatic heterocycles. The van der Waals surface area contributed by atoms with Crippen LogP contribution in [0, 0.1) is 11.3 Å². The molecule has 4 amide bonds. The van der Waals surface area contributed by atoms with E-state index in [2.05, 4.69) is 21.9 Å². The minimum atomic E-state index is -3.93. The standard InChI is InChI=1S/C38H47N5O9S/c1-8-22-20-38(22,33(46)41-53(49,50)24-17-18-24)40-31(44)29-19-23(21-42(29)32(45)30(36(2,3)4)39-34(47)52-37(5,6)7)51-35(48)43-27-15-11-9-13-25(27)26-14-10-12-16-28(26)43/h8-16,22-24,29-30H,1,17-21H2,2-7H3,(H,39,47)(H,40,44)(H,41,46)/t22?,23-,29+,30-,38?/m1/s1. The number of nitrogens with one attached hydrogen (secondary N) is 3. The maximum atomic E-state index is 14.5. The summed E-state index contributed by atoms with van der Waals surface area (Å²) in [6.07, 6.45) is -0.210. The topological polar surface area (TPSA) is 182 Å². The summed E-state index contributed by atoms with van der Waals surface area (Å²) in [6.45, 7) is 13.8. The van der Waals surface area contributed by atoms with Crippen molar-refractivity contribution in [3.63, 3.8) is 0 Å². The molecule has 2 aromatic carbocycles. The molecule has 0 radical (unpaired) electrons. The van der Waals surface area contributed by atoms with Crippen LogP contribution < -0.4 is 15.4 Å². The van der Waals surface area contributed by atoms with Gasteiger partial charge in [-0.25, -0.2) is 22.6 Å². The molecule has 6 rings (SSSR count). The Bertz CT molecular complexity index is 2060. The van der Waals surface area contributed by atoms with Gasteiger partial charge in [-0.1, -0.05) is 63.2 Å². The van der Waals surface area contributed by atoms with Gasteiger partial charge in [-0.05, 0) is 57.6 Å². The molecule has 1 aliphatic heterocycles. The zero-order chi connectivity index (χ0) is 38.7. The third-order valence-electron chi connectivity index (χ3n) is 9.90. The number of fused-ring (bicyclic) bond motifs is 3. The van der Waals surface area contributed by atoms with Gasteiger partial charge in [0.1, 0.15) is 29.3 Å². The Labute approximate surface area is 308 Å². The van der Waals surface area contributed by atoms with Crippen LogP contribution in [0.3, 0.4) is 0 Å². The summed E-state index contributed by atoms with van der Waals surface area (Å²) in [5.41, 5.74) is -2.09. The third kappa shape index (κ3) is 7.62. The molecule has 14 nitrogen and oxygen atoms in total. The van der Waals surface area contributed by atoms with Crippen molar-refractivity contribution in [2.75, 3.05) is 6.54 Å². The SMILES string of the molecule is C=CC1CC1(NC(=O)[C@@H]1C[C@@H](OC(=O)n2c3ccccc3c3ccccc32)CN1C(=O)[C@@H](NC(=O)OC(C)(C)C)C(C)(C)C)C(=O)NS(=O)(=O)C1CC1. The highest BCUT2D eigenvalue weighted by Gasteiger charge is 2.62. The Morgan fingerprint density at radius 2 is 1.53 bits per heavy atom. The van der Waals surface area contributed by atoms with E-state index in [4.69, 9.17) is 9.47 Å². The number of amides is 4. The smallest absolute Gasteiger partial charge is 0.419 e. The number of aromatic nitrogens is 1. The van der Waals surface area contributed by atoms with Crippen molar-refractivity contribution in [2.45, 2.75) is 102 Å². The fourth-order valence-corrected chi connectivity index (χ4v) is 8.31. The fraction of sp³-hybridized carbons (Fsp3) is 0.500. The highest BCUT2D eigenvalue weighted by Crippen LogP contribution is 2.45. The molecule has 1 saturated heterocycles. The number of carbonyl (C=O) groups excluding carboxylic acids is 5. The lowest BCUT2D eigenvalue weighted by atomic mass is 9.85. The highest BCUT2D eigenvalue weighted by atomic mass is 32.2. The van der Waals surface area contributed by atoms with Crippen molar-refractivity contribution in [3.05, 3.63) is 61.2 Å². The molecule has 0 bridgehead atoms. The van der Waals surface area contributed by atoms with E-state index < -0.39 is 85.8 Å². The first-order chi connectivity index (χ1) is 24.8. The fourth-order valence-electron chi connectivity index (χ4n) is 6.95. The minimum absolute atomic E-state index is 0.103. The summed E-state index contributed by atoms with van der Waals surface area (Å²) >= 11 is 0. The van der Waals surface area contributed by atoms with Crippen LogP contribution in [-0.2, 0) is 33.9 Å². The van der Waals surface area contributed by atoms with Crippen LogP contribution in [0.1, 0.15) is 67.2 Å². The van der Waals surface area contributed by atoms with Crippen LogP contribution in [-0.4, -0.2) is 88.9 Å². The van der Waals surface area contributed by atoms with Gasteiger partial charge in [-0.2, -0.15) is 0 Å². The number of ether oxygens (including phenoxy) is 2. The second kappa shape index (κ2) is 13.5. The number of likely N-dealkylation sites (tertiary alicyclic amines) is 1. The van der Waals surface area contributed by atoms with Crippen molar-refractivity contribution in [1.82, 2.24) is 24.8 Å². The van der Waals surface area contributed by atoms with E-state index in [0.29, 0.717) is 23.9 Å². The predicted octanol–water partition coefficient (Wildman–Crippen LogP) is 4.36. The van der Waals surface area contributed by atoms with Gasteiger partial charge in [0, 0.05) is 23.1 Å². The van der Waals surface area contributed by atoms with Crippen LogP contribution >= 0.6 is 0 Å². The number of para-hydroxylation sites is 2. The summed E-state index contributed by atoms with van der Waals surface area (Å²) in [7, 11) is -3.93. The Balaban J connectivity index is 1.30. The van der Waals surface area contributed by atoms with E-state index in [0.717, 1.165) is 10.8 Å². The van der Waals surface area contributed by atoms with Crippen LogP contribution in [0.4, 0.5) is 9.59 Å². The van der Waals surface area contributed by atoms with Crippen molar-refractivity contribution in [2.24, 2.45) is 11.3 Å². The Kier molecular flexibility index (Phi) is 9.63. The third-order valence-corrected chi connectivity index (χ3v) is 11.7. The first-order valence-corrected chi connectivity index (χ1v) is 19.3. The molecule has 0 spiro atoms. The van der Waals surface area contributed by atoms with Gasteiger partial charge in [-0.15, -0.1) is 6.58 Å². The number of alkyl carbamates (subject to hydrolysis) is 1. The lowest BCUT2D eigenvalue weighted by Crippen LogP contribution is -2.60. The van der Waals surface area contributed by atoms with Crippen molar-refractivity contribution < 1.29 is 41.9 Å². The van der Waals surface area contributed by atoms with Gasteiger partial charge in [-0.3, -0.25) is 19.1 Å². The van der Waals surface area contributed by atoms with Gasteiger partial charge in [0.25, 0.3) is 5.91 Å². The number of rotatable bonds is 9. The Hall–Kier alpha value is -4.92. The van der Waals surface area contributed by atoms with Crippen LogP contribution in [0.5, 0.6) is 0 Å². The van der Waals surface area contributed by atoms with E-state index in [9.17, 15) is 32.4 Å². The molecule has 2 saturated carbocycles. The monoisotopic (exact) mass is 749 g/mol. The first-order valence-electron chi connectivity index (χ1n) is 17.8. The van der Waals surface area contributed by atoms with E-state index in [1.54, 1.807) is 53.7 Å². The molecule has 3 aromatic rings. The first kappa shape index (κ1) is 37.8. The number of hydrogen-bond donors (Lipinski definition) is 3. The summed E-state index contributed by atoms with van der Waals surface area (Å²) in [5, 5.41) is 6.42. The van der Waals surface area contributed by atoms with E-state index in [1.165, 1.54) is 15.5 Å². The quantitative estimate of drug-likeness (QED) is 0.268. The number of benzene rings is 2. The van der Waals surface area contributed by atoms with Gasteiger partial charge >= 0.3 is 12.2 Å². The van der Waals surface area contributed by atoms with Gasteiger partial charge in [0.05, 0.1) is 22.8 Å². The minimum Gasteiger partial charge on any atom is -0.444 e. The highest BCUT2D eigenvalue weighted by molar-refractivity contribution is 7.91. The summed E-state index contributed by atoms with van der Waals surface area (Å²) < 4.78 is 40.4. The van der Waals surface area contributed by atoms with Crippen LogP contribution in [0.2, 0.25) is 0 Å². The molecular weight excluding hydrogens is 703 g/mol. The molecule has 3 aliphatic rings. The molecule has 5 atom stereocenters. The lowest BCUT2D eigenvalue weighted by Gasteiger charge is -2.36. The molecule has 284 valence electrons. The van der Waals surface area contributed by atoms with Crippen LogP contribution in [0.15, 0.2) is 61.2 Å². The molecule has 2 unspecified atom stereocenters. The lowest BCUT2D eigenvalue weighted by molar-refractivity contribution is -0.143. The van der Waals surface area contributed by atoms with E-state index >= 15 is 0 Å². The molecule has 2 heterocycles. The summed E-state index contributed by atoms with van der Waals surface area (Å²) in [6, 6.07) is 12.3. The molecule has 2 aliphatic carbocycles. The van der Waals surface area contributed by atoms with Crippen molar-refractivity contribution in [1.29, 1.82) is 0 Å². The molecule has 3 N–H and O–H groups in total. The average molecular weight is 750 g/mol. The summed E-state index contributed by atoms with van der Waals surface area (Å²) in [5.74, 6) is -2.83. The zero-order valence-corrected chi connectivity index (χ0v) is 31.6. The normalized spacial score (nSPS) is 23.6. The number of nitrogens with zero attached hydrogens (tertiary/aromatic N) is 2. The molecule has 53 heavy (non-hydrogen) atoms. The Morgan fingerprint density at radius 1 is 0.943 bits per heavy atom. The second-order valence-electron chi connectivity index (χ2n) is 16.2. The van der Waals surface area contributed by atoms with Crippen LogP contribution in [0.25, 0.3) is 21.8 Å². The number of carbonyl (C=O) groups is 5. The molecule has 3 fully saturated rings. The van der Waals surface area contributed by atoms with E-state index in [-0.39, 0.29) is 19.4 Å². The predicted molar refractivity (Wildman–Crippen MR) is 197 cm³/mol. The average Bonchev–Trinajstić information content (AvgIpc) is 3.97. The molecule has 15 heteroatoms. The Morgan fingerprint density at radius 3 is 2.04 bits per heavy atom.